The largest absolute Gasteiger partial charge is 0.489 e. The normalized spacial score (nSPS) is 17.2. The molecule has 128 valence electrons. The Hall–Kier alpha value is -1.63. The van der Waals surface area contributed by atoms with Gasteiger partial charge in [0.2, 0.25) is 5.91 Å². The fraction of sp³-hybridized carbons (Fsp3) is 0.588. The molecule has 6 nitrogen and oxygen atoms in total. The highest BCUT2D eigenvalue weighted by Crippen LogP contribution is 2.26. The van der Waals surface area contributed by atoms with Gasteiger partial charge in [-0.1, -0.05) is 6.07 Å². The molecule has 2 N–H and O–H groups in total. The van der Waals surface area contributed by atoms with Crippen LogP contribution in [0.1, 0.15) is 18.4 Å². The second-order valence-corrected chi connectivity index (χ2v) is 5.66. The topological polar surface area (TPSA) is 68.8 Å². The van der Waals surface area contributed by atoms with Crippen LogP contribution in [0.15, 0.2) is 18.2 Å². The van der Waals surface area contributed by atoms with Gasteiger partial charge < -0.3 is 24.8 Å². The van der Waals surface area contributed by atoms with Crippen LogP contribution in [0.25, 0.3) is 0 Å². The first kappa shape index (κ1) is 17.7. The van der Waals surface area contributed by atoms with Crippen molar-refractivity contribution >= 4 is 11.6 Å². The molecule has 1 saturated heterocycles. The highest BCUT2D eigenvalue weighted by Gasteiger charge is 2.17. The molecule has 1 unspecified atom stereocenters. The molecule has 0 spiro atoms. The molecule has 1 heterocycles. The van der Waals surface area contributed by atoms with Crippen molar-refractivity contribution in [3.05, 3.63) is 23.8 Å². The average molecular weight is 322 g/mol. The smallest absolute Gasteiger partial charge is 0.238 e. The van der Waals surface area contributed by atoms with E-state index in [1.165, 1.54) is 0 Å². The second-order valence-electron chi connectivity index (χ2n) is 5.66. The fourth-order valence-electron chi connectivity index (χ4n) is 2.38. The highest BCUT2D eigenvalue weighted by molar-refractivity contribution is 5.93. The third-order valence-corrected chi connectivity index (χ3v) is 3.63. The standard InChI is InChI=1S/C17H26N2O4/c1-13-5-6-15(19-17(20)11-18-7-9-21-2)16(10-13)23-12-14-4-3-8-22-14/h5-6,10,14,18H,3-4,7-9,11-12H2,1-2H3,(H,19,20). The first-order valence-electron chi connectivity index (χ1n) is 8.03. The van der Waals surface area contributed by atoms with Gasteiger partial charge in [-0.25, -0.2) is 0 Å². The van der Waals surface area contributed by atoms with Crippen LogP contribution in [0.4, 0.5) is 5.69 Å². The molecule has 1 aromatic carbocycles. The molecule has 0 saturated carbocycles. The molecule has 0 aliphatic carbocycles. The zero-order valence-corrected chi connectivity index (χ0v) is 13.9. The monoisotopic (exact) mass is 322 g/mol. The lowest BCUT2D eigenvalue weighted by molar-refractivity contribution is -0.115. The van der Waals surface area contributed by atoms with Gasteiger partial charge in [0.25, 0.3) is 0 Å². The number of ether oxygens (including phenoxy) is 3. The summed E-state index contributed by atoms with van der Waals surface area (Å²) in [5.41, 5.74) is 1.77. The third kappa shape index (κ3) is 6.17. The zero-order valence-electron chi connectivity index (χ0n) is 13.9. The fourth-order valence-corrected chi connectivity index (χ4v) is 2.38. The molecule has 1 fully saturated rings. The van der Waals surface area contributed by atoms with Crippen molar-refractivity contribution in [3.63, 3.8) is 0 Å². The minimum absolute atomic E-state index is 0.105. The molecule has 0 radical (unpaired) electrons. The van der Waals surface area contributed by atoms with Gasteiger partial charge in [-0.15, -0.1) is 0 Å². The Morgan fingerprint density at radius 3 is 3.04 bits per heavy atom. The van der Waals surface area contributed by atoms with Gasteiger partial charge in [-0.05, 0) is 37.5 Å². The maximum atomic E-state index is 12.0. The lowest BCUT2D eigenvalue weighted by Gasteiger charge is -2.16. The van der Waals surface area contributed by atoms with Gasteiger partial charge >= 0.3 is 0 Å². The number of carbonyl (C=O) groups is 1. The van der Waals surface area contributed by atoms with Crippen LogP contribution >= 0.6 is 0 Å². The summed E-state index contributed by atoms with van der Waals surface area (Å²) in [6.07, 6.45) is 2.25. The van der Waals surface area contributed by atoms with Crippen molar-refractivity contribution in [1.82, 2.24) is 5.32 Å². The predicted octanol–water partition coefficient (Wildman–Crippen LogP) is 1.73. The SMILES string of the molecule is COCCNCC(=O)Nc1ccc(C)cc1OCC1CCCO1. The molecule has 1 atom stereocenters. The van der Waals surface area contributed by atoms with Crippen molar-refractivity contribution in [1.29, 1.82) is 0 Å². The van der Waals surface area contributed by atoms with E-state index in [0.29, 0.717) is 31.2 Å². The van der Waals surface area contributed by atoms with E-state index in [9.17, 15) is 4.79 Å². The summed E-state index contributed by atoms with van der Waals surface area (Å²) in [4.78, 5) is 12.0. The van der Waals surface area contributed by atoms with Crippen LogP contribution in [0.5, 0.6) is 5.75 Å². The number of anilines is 1. The molecular weight excluding hydrogens is 296 g/mol. The number of hydrogen-bond donors (Lipinski definition) is 2. The van der Waals surface area contributed by atoms with Crippen LogP contribution in [0.3, 0.4) is 0 Å². The summed E-state index contributed by atoms with van der Waals surface area (Å²) in [7, 11) is 1.63. The summed E-state index contributed by atoms with van der Waals surface area (Å²) >= 11 is 0. The molecule has 2 rings (SSSR count). The third-order valence-electron chi connectivity index (χ3n) is 3.63. The van der Waals surface area contributed by atoms with Crippen molar-refractivity contribution < 1.29 is 19.0 Å². The van der Waals surface area contributed by atoms with Gasteiger partial charge in [-0.2, -0.15) is 0 Å². The van der Waals surface area contributed by atoms with Crippen LogP contribution < -0.4 is 15.4 Å². The summed E-state index contributed by atoms with van der Waals surface area (Å²) in [6.45, 7) is 4.77. The van der Waals surface area contributed by atoms with Gasteiger partial charge in [0.1, 0.15) is 12.4 Å². The van der Waals surface area contributed by atoms with Crippen molar-refractivity contribution in [2.75, 3.05) is 45.3 Å². The predicted molar refractivity (Wildman–Crippen MR) is 89.0 cm³/mol. The first-order valence-corrected chi connectivity index (χ1v) is 8.03. The molecular formula is C17H26N2O4. The van der Waals surface area contributed by atoms with E-state index in [2.05, 4.69) is 10.6 Å². The summed E-state index contributed by atoms with van der Waals surface area (Å²) in [5.74, 6) is 0.581. The van der Waals surface area contributed by atoms with Gasteiger partial charge in [-0.3, -0.25) is 4.79 Å². The molecule has 23 heavy (non-hydrogen) atoms. The maximum absolute atomic E-state index is 12.0. The van der Waals surface area contributed by atoms with E-state index >= 15 is 0 Å². The van der Waals surface area contributed by atoms with Crippen LogP contribution in [0.2, 0.25) is 0 Å². The Kier molecular flexibility index (Phi) is 7.32. The number of amides is 1. The number of aryl methyl sites for hydroxylation is 1. The summed E-state index contributed by atoms with van der Waals surface area (Å²) in [6, 6.07) is 5.75. The van der Waals surface area contributed by atoms with E-state index < -0.39 is 0 Å². The van der Waals surface area contributed by atoms with Crippen molar-refractivity contribution in [2.45, 2.75) is 25.9 Å². The molecule has 1 amide bonds. The summed E-state index contributed by atoms with van der Waals surface area (Å²) < 4.78 is 16.4. The quantitative estimate of drug-likeness (QED) is 0.678. The number of nitrogens with one attached hydrogen (secondary N) is 2. The van der Waals surface area contributed by atoms with E-state index in [1.807, 2.05) is 25.1 Å². The Bertz CT molecular complexity index is 501. The number of benzene rings is 1. The Labute approximate surface area is 137 Å². The zero-order chi connectivity index (χ0) is 16.5. The first-order chi connectivity index (χ1) is 11.2. The Balaban J connectivity index is 1.87. The molecule has 1 aliphatic rings. The molecule has 0 aromatic heterocycles. The van der Waals surface area contributed by atoms with Crippen LogP contribution in [-0.2, 0) is 14.3 Å². The highest BCUT2D eigenvalue weighted by atomic mass is 16.5. The number of methoxy groups -OCH3 is 1. The lowest BCUT2D eigenvalue weighted by atomic mass is 10.2. The lowest BCUT2D eigenvalue weighted by Crippen LogP contribution is -2.30. The minimum Gasteiger partial charge on any atom is -0.489 e. The summed E-state index contributed by atoms with van der Waals surface area (Å²) in [5, 5.41) is 5.90. The van der Waals surface area contributed by atoms with E-state index in [0.717, 1.165) is 25.0 Å². The Morgan fingerprint density at radius 1 is 1.43 bits per heavy atom. The van der Waals surface area contributed by atoms with Crippen molar-refractivity contribution in [3.8, 4) is 5.75 Å². The van der Waals surface area contributed by atoms with Gasteiger partial charge in [0.15, 0.2) is 0 Å². The molecule has 0 bridgehead atoms. The maximum Gasteiger partial charge on any atom is 0.238 e. The minimum atomic E-state index is -0.105. The van der Waals surface area contributed by atoms with Crippen LogP contribution in [0, 0.1) is 6.92 Å². The number of rotatable bonds is 9. The van der Waals surface area contributed by atoms with Gasteiger partial charge in [0, 0.05) is 20.3 Å². The second kappa shape index (κ2) is 9.50. The van der Waals surface area contributed by atoms with Gasteiger partial charge in [0.05, 0.1) is 24.9 Å². The van der Waals surface area contributed by atoms with E-state index in [1.54, 1.807) is 7.11 Å². The van der Waals surface area contributed by atoms with E-state index in [4.69, 9.17) is 14.2 Å². The molecule has 1 aromatic rings. The van der Waals surface area contributed by atoms with E-state index in [-0.39, 0.29) is 18.6 Å². The molecule has 1 aliphatic heterocycles. The number of hydrogen-bond acceptors (Lipinski definition) is 5. The molecule has 6 heteroatoms. The number of carbonyl (C=O) groups excluding carboxylic acids is 1. The Morgan fingerprint density at radius 2 is 2.30 bits per heavy atom. The van der Waals surface area contributed by atoms with Crippen LogP contribution in [-0.4, -0.2) is 52.0 Å². The van der Waals surface area contributed by atoms with Crippen molar-refractivity contribution in [2.24, 2.45) is 0 Å². The average Bonchev–Trinajstić information content (AvgIpc) is 3.05.